The first-order valence-electron chi connectivity index (χ1n) is 7.70. The average molecular weight is 325 g/mol. The number of carbonyl (C=O) groups excluding carboxylic acids is 1. The third-order valence-electron chi connectivity index (χ3n) is 3.85. The molecule has 3 aromatic rings. The molecule has 0 fully saturated rings. The maximum Gasteiger partial charge on any atom is 0.326 e. The topological polar surface area (TPSA) is 76.1 Å². The van der Waals surface area contributed by atoms with Gasteiger partial charge in [0.05, 0.1) is 23.8 Å². The molecule has 0 aliphatic heterocycles. The summed E-state index contributed by atoms with van der Waals surface area (Å²) in [6, 6.07) is 12.4. The number of aromatic nitrogens is 2. The molecule has 0 saturated heterocycles. The Bertz CT molecular complexity index is 954. The number of H-pyrrole nitrogens is 1. The van der Waals surface area contributed by atoms with E-state index >= 15 is 0 Å². The number of nitrogens with one attached hydrogen (secondary N) is 2. The van der Waals surface area contributed by atoms with Crippen molar-refractivity contribution in [1.29, 1.82) is 0 Å². The van der Waals surface area contributed by atoms with E-state index in [1.165, 1.54) is 0 Å². The number of ether oxygens (including phenoxy) is 1. The number of hydrogen-bond donors (Lipinski definition) is 2. The normalized spacial score (nSPS) is 11.0. The number of methoxy groups -OCH3 is 1. The van der Waals surface area contributed by atoms with Gasteiger partial charge in [-0.05, 0) is 44.2 Å². The minimum atomic E-state index is -0.264. The molecule has 2 N–H and O–H groups in total. The number of hydrogen-bond acceptors (Lipinski definition) is 3. The number of rotatable bonds is 4. The molecule has 0 atom stereocenters. The van der Waals surface area contributed by atoms with Crippen LogP contribution in [0.25, 0.3) is 11.0 Å². The van der Waals surface area contributed by atoms with E-state index in [-0.39, 0.29) is 17.6 Å². The first kappa shape index (κ1) is 15.9. The van der Waals surface area contributed by atoms with Crippen LogP contribution in [0.2, 0.25) is 0 Å². The Morgan fingerprint density at radius 3 is 2.67 bits per heavy atom. The highest BCUT2D eigenvalue weighted by atomic mass is 16.5. The highest BCUT2D eigenvalue weighted by Crippen LogP contribution is 2.24. The molecular weight excluding hydrogens is 306 g/mol. The number of anilines is 1. The minimum absolute atomic E-state index is 0.0412. The van der Waals surface area contributed by atoms with E-state index < -0.39 is 0 Å². The van der Waals surface area contributed by atoms with Crippen LogP contribution in [-0.2, 0) is 0 Å². The lowest BCUT2D eigenvalue weighted by Gasteiger charge is -2.10. The number of amides is 1. The molecular formula is C18H19N3O3. The maximum atomic E-state index is 12.5. The molecule has 1 heterocycles. The summed E-state index contributed by atoms with van der Waals surface area (Å²) in [5.74, 6) is 0.325. The van der Waals surface area contributed by atoms with Crippen molar-refractivity contribution >= 4 is 22.6 Å². The second kappa shape index (κ2) is 6.23. The molecule has 3 rings (SSSR count). The predicted molar refractivity (Wildman–Crippen MR) is 93.9 cm³/mol. The van der Waals surface area contributed by atoms with Crippen molar-refractivity contribution < 1.29 is 9.53 Å². The van der Waals surface area contributed by atoms with E-state index in [4.69, 9.17) is 4.74 Å². The molecule has 0 aliphatic rings. The molecule has 0 unspecified atom stereocenters. The molecule has 124 valence electrons. The molecule has 2 aromatic carbocycles. The number of imidazole rings is 1. The van der Waals surface area contributed by atoms with E-state index in [1.54, 1.807) is 42.0 Å². The lowest BCUT2D eigenvalue weighted by molar-refractivity contribution is 0.102. The SMILES string of the molecule is COc1ccccc1NC(=O)c1ccc2c(c1)[nH]c(=O)n2C(C)C. The van der Waals surface area contributed by atoms with Gasteiger partial charge in [0, 0.05) is 11.6 Å². The van der Waals surface area contributed by atoms with Crippen LogP contribution < -0.4 is 15.7 Å². The number of aromatic amines is 1. The van der Waals surface area contributed by atoms with Crippen LogP contribution in [0.3, 0.4) is 0 Å². The highest BCUT2D eigenvalue weighted by Gasteiger charge is 2.14. The summed E-state index contributed by atoms with van der Waals surface area (Å²) in [6.45, 7) is 3.88. The lowest BCUT2D eigenvalue weighted by Crippen LogP contribution is -2.18. The quantitative estimate of drug-likeness (QED) is 0.773. The fourth-order valence-corrected chi connectivity index (χ4v) is 2.73. The van der Waals surface area contributed by atoms with Crippen LogP contribution in [0.15, 0.2) is 47.3 Å². The number of benzene rings is 2. The van der Waals surface area contributed by atoms with Crippen LogP contribution in [0.4, 0.5) is 5.69 Å². The third kappa shape index (κ3) is 2.78. The van der Waals surface area contributed by atoms with Gasteiger partial charge in [0.15, 0.2) is 0 Å². The fourth-order valence-electron chi connectivity index (χ4n) is 2.73. The van der Waals surface area contributed by atoms with Gasteiger partial charge in [-0.25, -0.2) is 4.79 Å². The van der Waals surface area contributed by atoms with Crippen LogP contribution in [0, 0.1) is 0 Å². The van der Waals surface area contributed by atoms with Crippen LogP contribution in [0.1, 0.15) is 30.2 Å². The van der Waals surface area contributed by atoms with Gasteiger partial charge >= 0.3 is 5.69 Å². The van der Waals surface area contributed by atoms with Gasteiger partial charge in [0.2, 0.25) is 0 Å². The van der Waals surface area contributed by atoms with Crippen molar-refractivity contribution in [1.82, 2.24) is 9.55 Å². The van der Waals surface area contributed by atoms with E-state index in [1.807, 2.05) is 26.0 Å². The Kier molecular flexibility index (Phi) is 4.12. The summed E-state index contributed by atoms with van der Waals surface area (Å²) in [5, 5.41) is 2.82. The first-order valence-corrected chi connectivity index (χ1v) is 7.70. The van der Waals surface area contributed by atoms with Crippen LogP contribution in [-0.4, -0.2) is 22.6 Å². The van der Waals surface area contributed by atoms with E-state index in [0.29, 0.717) is 22.5 Å². The predicted octanol–water partition coefficient (Wildman–Crippen LogP) is 3.17. The average Bonchev–Trinajstić information content (AvgIpc) is 2.90. The monoisotopic (exact) mass is 325 g/mol. The maximum absolute atomic E-state index is 12.5. The van der Waals surface area contributed by atoms with E-state index in [2.05, 4.69) is 10.3 Å². The summed E-state index contributed by atoms with van der Waals surface area (Å²) in [4.78, 5) is 27.3. The molecule has 0 spiro atoms. The molecule has 0 bridgehead atoms. The molecule has 0 aliphatic carbocycles. The summed E-state index contributed by atoms with van der Waals surface area (Å²) in [6.07, 6.45) is 0. The number of nitrogens with zero attached hydrogens (tertiary/aromatic N) is 1. The summed E-state index contributed by atoms with van der Waals surface area (Å²) < 4.78 is 6.90. The van der Waals surface area contributed by atoms with Gasteiger partial charge in [-0.15, -0.1) is 0 Å². The van der Waals surface area contributed by atoms with Gasteiger partial charge < -0.3 is 15.0 Å². The molecule has 6 heteroatoms. The second-order valence-electron chi connectivity index (χ2n) is 5.78. The summed E-state index contributed by atoms with van der Waals surface area (Å²) in [7, 11) is 1.55. The van der Waals surface area contributed by atoms with Crippen molar-refractivity contribution in [3.63, 3.8) is 0 Å². The molecule has 6 nitrogen and oxygen atoms in total. The van der Waals surface area contributed by atoms with Crippen molar-refractivity contribution in [3.05, 3.63) is 58.5 Å². The van der Waals surface area contributed by atoms with Crippen molar-refractivity contribution in [2.75, 3.05) is 12.4 Å². The van der Waals surface area contributed by atoms with Gasteiger partial charge in [0.1, 0.15) is 5.75 Å². The number of fused-ring (bicyclic) bond motifs is 1. The van der Waals surface area contributed by atoms with E-state index in [9.17, 15) is 9.59 Å². The zero-order valence-corrected chi connectivity index (χ0v) is 13.8. The largest absolute Gasteiger partial charge is 0.495 e. The zero-order chi connectivity index (χ0) is 17.3. The Morgan fingerprint density at radius 1 is 1.21 bits per heavy atom. The van der Waals surface area contributed by atoms with Crippen molar-refractivity contribution in [2.24, 2.45) is 0 Å². The molecule has 0 radical (unpaired) electrons. The van der Waals surface area contributed by atoms with Crippen molar-refractivity contribution in [3.8, 4) is 5.75 Å². The standard InChI is InChI=1S/C18H19N3O3/c1-11(2)21-15-9-8-12(10-14(15)20-18(21)23)17(22)19-13-6-4-5-7-16(13)24-3/h4-11H,1-3H3,(H,19,22)(H,20,23). The van der Waals surface area contributed by atoms with Gasteiger partial charge in [-0.2, -0.15) is 0 Å². The number of carbonyl (C=O) groups is 1. The Hall–Kier alpha value is -3.02. The molecule has 0 saturated carbocycles. The van der Waals surface area contributed by atoms with Crippen molar-refractivity contribution in [2.45, 2.75) is 19.9 Å². The van der Waals surface area contributed by atoms with Gasteiger partial charge in [-0.1, -0.05) is 12.1 Å². The summed E-state index contributed by atoms with van der Waals surface area (Å²) >= 11 is 0. The molecule has 24 heavy (non-hydrogen) atoms. The lowest BCUT2D eigenvalue weighted by atomic mass is 10.1. The van der Waals surface area contributed by atoms with Gasteiger partial charge in [0.25, 0.3) is 5.91 Å². The smallest absolute Gasteiger partial charge is 0.326 e. The van der Waals surface area contributed by atoms with Gasteiger partial charge in [-0.3, -0.25) is 9.36 Å². The molecule has 1 amide bonds. The fraction of sp³-hybridized carbons (Fsp3) is 0.222. The zero-order valence-electron chi connectivity index (χ0n) is 13.8. The molecule has 1 aromatic heterocycles. The minimum Gasteiger partial charge on any atom is -0.495 e. The number of para-hydroxylation sites is 2. The second-order valence-corrected chi connectivity index (χ2v) is 5.78. The van der Waals surface area contributed by atoms with E-state index in [0.717, 1.165) is 5.52 Å². The Balaban J connectivity index is 1.95. The Morgan fingerprint density at radius 2 is 1.96 bits per heavy atom. The Labute approximate surface area is 139 Å². The highest BCUT2D eigenvalue weighted by molar-refractivity contribution is 6.06. The summed E-state index contributed by atoms with van der Waals surface area (Å²) in [5.41, 5.74) is 2.30. The third-order valence-corrected chi connectivity index (χ3v) is 3.85. The van der Waals surface area contributed by atoms with Crippen LogP contribution in [0.5, 0.6) is 5.75 Å². The first-order chi connectivity index (χ1) is 11.5. The van der Waals surface area contributed by atoms with Crippen LogP contribution >= 0.6 is 0 Å².